The number of aliphatic hydroxyl groups is 1. The summed E-state index contributed by atoms with van der Waals surface area (Å²) < 4.78 is 0. The molecule has 1 unspecified atom stereocenters. The summed E-state index contributed by atoms with van der Waals surface area (Å²) in [5.41, 5.74) is 2.59. The average Bonchev–Trinajstić information content (AvgIpc) is 2.67. The van der Waals surface area contributed by atoms with E-state index in [2.05, 4.69) is 65.6 Å². The van der Waals surface area contributed by atoms with E-state index in [0.29, 0.717) is 6.04 Å². The number of rotatable bonds is 9. The molecule has 0 aliphatic carbocycles. The van der Waals surface area contributed by atoms with E-state index in [1.54, 1.807) is 0 Å². The van der Waals surface area contributed by atoms with Crippen molar-refractivity contribution in [2.75, 3.05) is 20.1 Å². The maximum absolute atomic E-state index is 9.62. The Hall–Kier alpha value is -1.59. The number of benzene rings is 1. The number of guanidine groups is 1. The first-order chi connectivity index (χ1) is 13.5. The van der Waals surface area contributed by atoms with Crippen LogP contribution in [0, 0.1) is 5.92 Å². The molecule has 5 nitrogen and oxygen atoms in total. The third-order valence-electron chi connectivity index (χ3n) is 5.47. The van der Waals surface area contributed by atoms with E-state index in [-0.39, 0.29) is 6.10 Å². The molecule has 0 bridgehead atoms. The minimum atomic E-state index is -0.106. The van der Waals surface area contributed by atoms with Crippen LogP contribution in [0.3, 0.4) is 0 Å². The maximum Gasteiger partial charge on any atom is 0.191 e. The predicted molar refractivity (Wildman–Crippen MR) is 118 cm³/mol. The Morgan fingerprint density at radius 2 is 1.75 bits per heavy atom. The highest BCUT2D eigenvalue weighted by Gasteiger charge is 2.16. The molecule has 5 heteroatoms. The molecule has 1 aliphatic rings. The molecule has 0 spiro atoms. The lowest BCUT2D eigenvalue weighted by atomic mass is 10.0. The van der Waals surface area contributed by atoms with Crippen LogP contribution in [0.4, 0.5) is 0 Å². The molecular weight excluding hydrogens is 348 g/mol. The van der Waals surface area contributed by atoms with Gasteiger partial charge in [0.1, 0.15) is 0 Å². The number of aliphatic imine (C=N–C) groups is 1. The van der Waals surface area contributed by atoms with Gasteiger partial charge in [0, 0.05) is 39.3 Å². The first-order valence-electron chi connectivity index (χ1n) is 10.9. The molecule has 0 radical (unpaired) electrons. The Labute approximate surface area is 171 Å². The fourth-order valence-corrected chi connectivity index (χ4v) is 3.62. The van der Waals surface area contributed by atoms with Gasteiger partial charge in [0.15, 0.2) is 5.96 Å². The quantitative estimate of drug-likeness (QED) is 0.447. The smallest absolute Gasteiger partial charge is 0.191 e. The van der Waals surface area contributed by atoms with Crippen molar-refractivity contribution in [1.29, 1.82) is 0 Å². The van der Waals surface area contributed by atoms with Crippen LogP contribution in [0.2, 0.25) is 0 Å². The fraction of sp³-hybridized carbons (Fsp3) is 0.696. The highest BCUT2D eigenvalue weighted by Crippen LogP contribution is 2.14. The summed E-state index contributed by atoms with van der Waals surface area (Å²) in [5, 5.41) is 16.5. The van der Waals surface area contributed by atoms with Crippen LogP contribution >= 0.6 is 0 Å². The van der Waals surface area contributed by atoms with E-state index in [4.69, 9.17) is 0 Å². The molecule has 28 heavy (non-hydrogen) atoms. The van der Waals surface area contributed by atoms with Crippen LogP contribution in [0.1, 0.15) is 64.0 Å². The zero-order valence-corrected chi connectivity index (χ0v) is 18.2. The molecule has 1 fully saturated rings. The summed E-state index contributed by atoms with van der Waals surface area (Å²) in [6.07, 6.45) is 5.38. The number of piperidine rings is 1. The van der Waals surface area contributed by atoms with Crippen LogP contribution in [0.25, 0.3) is 0 Å². The lowest BCUT2D eigenvalue weighted by Crippen LogP contribution is -2.41. The fourth-order valence-electron chi connectivity index (χ4n) is 3.62. The van der Waals surface area contributed by atoms with Crippen LogP contribution < -0.4 is 10.6 Å². The number of nitrogens with one attached hydrogen (secondary N) is 2. The molecule has 1 aromatic carbocycles. The van der Waals surface area contributed by atoms with Crippen molar-refractivity contribution >= 4 is 5.96 Å². The zero-order valence-electron chi connectivity index (χ0n) is 18.2. The van der Waals surface area contributed by atoms with Gasteiger partial charge in [0.05, 0.1) is 6.10 Å². The molecule has 158 valence electrons. The Morgan fingerprint density at radius 1 is 1.11 bits per heavy atom. The van der Waals surface area contributed by atoms with Gasteiger partial charge in [-0.2, -0.15) is 0 Å². The van der Waals surface area contributed by atoms with Crippen molar-refractivity contribution in [2.45, 2.75) is 78.1 Å². The van der Waals surface area contributed by atoms with Crippen molar-refractivity contribution in [1.82, 2.24) is 15.5 Å². The minimum absolute atomic E-state index is 0.106. The van der Waals surface area contributed by atoms with Gasteiger partial charge in [-0.1, -0.05) is 51.0 Å². The molecule has 1 atom stereocenters. The van der Waals surface area contributed by atoms with E-state index in [1.807, 2.05) is 7.05 Å². The van der Waals surface area contributed by atoms with Crippen molar-refractivity contribution in [3.63, 3.8) is 0 Å². The van der Waals surface area contributed by atoms with Crippen molar-refractivity contribution in [3.05, 3.63) is 35.4 Å². The first kappa shape index (κ1) is 22.7. The third kappa shape index (κ3) is 8.61. The maximum atomic E-state index is 9.62. The molecule has 1 saturated heterocycles. The second-order valence-electron chi connectivity index (χ2n) is 8.62. The lowest BCUT2D eigenvalue weighted by molar-refractivity contribution is 0.0792. The van der Waals surface area contributed by atoms with Crippen molar-refractivity contribution in [3.8, 4) is 0 Å². The average molecular weight is 389 g/mol. The number of likely N-dealkylation sites (tertiary alicyclic amines) is 1. The van der Waals surface area contributed by atoms with Gasteiger partial charge in [-0.15, -0.1) is 0 Å². The lowest BCUT2D eigenvalue weighted by Gasteiger charge is -2.29. The van der Waals surface area contributed by atoms with Crippen LogP contribution in [0.15, 0.2) is 29.3 Å². The van der Waals surface area contributed by atoms with Gasteiger partial charge in [-0.05, 0) is 43.2 Å². The molecule has 3 N–H and O–H groups in total. The van der Waals surface area contributed by atoms with E-state index in [0.717, 1.165) is 50.9 Å². The SMILES string of the molecule is CN=C(NCc1ccc(CN2CCC(O)CC2)cc1)NC(C)CCCC(C)C. The highest BCUT2D eigenvalue weighted by molar-refractivity contribution is 5.79. The summed E-state index contributed by atoms with van der Waals surface area (Å²) >= 11 is 0. The summed E-state index contributed by atoms with van der Waals surface area (Å²) in [5.74, 6) is 1.64. The summed E-state index contributed by atoms with van der Waals surface area (Å²) in [6.45, 7) is 10.5. The Balaban J connectivity index is 1.72. The van der Waals surface area contributed by atoms with Gasteiger partial charge in [0.25, 0.3) is 0 Å². The van der Waals surface area contributed by atoms with E-state index in [9.17, 15) is 5.11 Å². The molecular formula is C23H40N4O. The summed E-state index contributed by atoms with van der Waals surface area (Å²) in [7, 11) is 1.83. The standard InChI is InChI=1S/C23H40N4O/c1-18(2)6-5-7-19(3)26-23(24-4)25-16-20-8-10-21(11-9-20)17-27-14-12-22(28)13-15-27/h8-11,18-19,22,28H,5-7,12-17H2,1-4H3,(H2,24,25,26). The van der Waals surface area contributed by atoms with Crippen molar-refractivity contribution in [2.24, 2.45) is 10.9 Å². The Kier molecular flexibility index (Phi) is 9.79. The normalized spacial score (nSPS) is 17.7. The number of hydrogen-bond donors (Lipinski definition) is 3. The monoisotopic (exact) mass is 388 g/mol. The van der Waals surface area contributed by atoms with Gasteiger partial charge in [0.2, 0.25) is 0 Å². The van der Waals surface area contributed by atoms with Gasteiger partial charge in [-0.25, -0.2) is 0 Å². The van der Waals surface area contributed by atoms with E-state index < -0.39 is 0 Å². The van der Waals surface area contributed by atoms with E-state index in [1.165, 1.54) is 30.4 Å². The largest absolute Gasteiger partial charge is 0.393 e. The molecule has 1 heterocycles. The molecule has 1 aliphatic heterocycles. The van der Waals surface area contributed by atoms with Crippen LogP contribution in [-0.4, -0.2) is 48.2 Å². The van der Waals surface area contributed by atoms with E-state index >= 15 is 0 Å². The van der Waals surface area contributed by atoms with Crippen LogP contribution in [0.5, 0.6) is 0 Å². The number of aliphatic hydroxyl groups excluding tert-OH is 1. The predicted octanol–water partition coefficient (Wildman–Crippen LogP) is 3.52. The molecule has 2 rings (SSSR count). The van der Waals surface area contributed by atoms with Gasteiger partial charge >= 0.3 is 0 Å². The highest BCUT2D eigenvalue weighted by atomic mass is 16.3. The van der Waals surface area contributed by atoms with Crippen LogP contribution in [-0.2, 0) is 13.1 Å². The third-order valence-corrected chi connectivity index (χ3v) is 5.47. The first-order valence-corrected chi connectivity index (χ1v) is 10.9. The topological polar surface area (TPSA) is 59.9 Å². The second-order valence-corrected chi connectivity index (χ2v) is 8.62. The number of nitrogens with zero attached hydrogens (tertiary/aromatic N) is 2. The Bertz CT molecular complexity index is 577. The summed E-state index contributed by atoms with van der Waals surface area (Å²) in [6, 6.07) is 9.25. The molecule has 0 aromatic heterocycles. The zero-order chi connectivity index (χ0) is 20.4. The van der Waals surface area contributed by atoms with Gasteiger partial charge in [-0.3, -0.25) is 9.89 Å². The molecule has 0 saturated carbocycles. The second kappa shape index (κ2) is 12.1. The summed E-state index contributed by atoms with van der Waals surface area (Å²) in [4.78, 5) is 6.78. The molecule has 0 amide bonds. The van der Waals surface area contributed by atoms with Gasteiger partial charge < -0.3 is 15.7 Å². The molecule has 1 aromatic rings. The Morgan fingerprint density at radius 3 is 2.36 bits per heavy atom. The minimum Gasteiger partial charge on any atom is -0.393 e. The number of hydrogen-bond acceptors (Lipinski definition) is 3. The van der Waals surface area contributed by atoms with Crippen molar-refractivity contribution < 1.29 is 5.11 Å².